The van der Waals surface area contributed by atoms with E-state index in [0.717, 1.165) is 6.42 Å². The lowest BCUT2D eigenvalue weighted by Gasteiger charge is -2.16. The minimum atomic E-state index is 0.0928. The van der Waals surface area contributed by atoms with Gasteiger partial charge in [-0.05, 0) is 25.2 Å². The Hall–Kier alpha value is -0.610. The molecule has 16 heavy (non-hydrogen) atoms. The highest BCUT2D eigenvalue weighted by atomic mass is 16.5. The summed E-state index contributed by atoms with van der Waals surface area (Å²) in [5.74, 6) is 0.802. The van der Waals surface area contributed by atoms with Gasteiger partial charge in [-0.15, -0.1) is 0 Å². The van der Waals surface area contributed by atoms with Crippen molar-refractivity contribution >= 4 is 5.91 Å². The van der Waals surface area contributed by atoms with E-state index in [1.165, 1.54) is 19.3 Å². The zero-order valence-corrected chi connectivity index (χ0v) is 10.4. The van der Waals surface area contributed by atoms with Crippen LogP contribution in [0.1, 0.15) is 32.6 Å². The Morgan fingerprint density at radius 3 is 2.88 bits per heavy atom. The Morgan fingerprint density at radius 2 is 2.25 bits per heavy atom. The third-order valence-electron chi connectivity index (χ3n) is 3.23. The zero-order valence-electron chi connectivity index (χ0n) is 10.4. The third-order valence-corrected chi connectivity index (χ3v) is 3.23. The summed E-state index contributed by atoms with van der Waals surface area (Å²) in [5, 5.41) is 6.20. The number of carbonyl (C=O) groups excluding carboxylic acids is 1. The molecule has 0 saturated heterocycles. The minimum absolute atomic E-state index is 0.0928. The van der Waals surface area contributed by atoms with E-state index in [1.807, 2.05) is 0 Å². The van der Waals surface area contributed by atoms with Gasteiger partial charge < -0.3 is 15.4 Å². The molecule has 1 aliphatic rings. The Balaban J connectivity index is 2.01. The Kier molecular flexibility index (Phi) is 6.42. The quantitative estimate of drug-likeness (QED) is 0.637. The van der Waals surface area contributed by atoms with Crippen LogP contribution in [-0.2, 0) is 9.53 Å². The van der Waals surface area contributed by atoms with E-state index >= 15 is 0 Å². The molecule has 0 spiro atoms. The maximum absolute atomic E-state index is 11.5. The second kappa shape index (κ2) is 7.63. The van der Waals surface area contributed by atoms with E-state index in [2.05, 4.69) is 17.6 Å². The lowest BCUT2D eigenvalue weighted by atomic mass is 10.1. The van der Waals surface area contributed by atoms with E-state index in [0.29, 0.717) is 31.7 Å². The lowest BCUT2D eigenvalue weighted by Crippen LogP contribution is -2.40. The predicted molar refractivity (Wildman–Crippen MR) is 64.3 cm³/mol. The highest BCUT2D eigenvalue weighted by Crippen LogP contribution is 2.24. The number of rotatable bonds is 7. The number of nitrogens with one attached hydrogen (secondary N) is 2. The number of ether oxygens (including phenoxy) is 1. The number of methoxy groups -OCH3 is 1. The molecule has 0 aromatic rings. The fraction of sp³-hybridized carbons (Fsp3) is 0.917. The van der Waals surface area contributed by atoms with Crippen LogP contribution in [0.3, 0.4) is 0 Å². The van der Waals surface area contributed by atoms with Gasteiger partial charge in [0.15, 0.2) is 0 Å². The van der Waals surface area contributed by atoms with Gasteiger partial charge in [-0.2, -0.15) is 0 Å². The Bertz CT molecular complexity index is 209. The van der Waals surface area contributed by atoms with Crippen molar-refractivity contribution in [2.24, 2.45) is 5.92 Å². The van der Waals surface area contributed by atoms with Crippen molar-refractivity contribution < 1.29 is 9.53 Å². The molecule has 1 fully saturated rings. The highest BCUT2D eigenvalue weighted by Gasteiger charge is 2.22. The van der Waals surface area contributed by atoms with Gasteiger partial charge in [-0.3, -0.25) is 4.79 Å². The first kappa shape index (κ1) is 13.5. The van der Waals surface area contributed by atoms with E-state index in [1.54, 1.807) is 7.11 Å². The van der Waals surface area contributed by atoms with Crippen LogP contribution in [0.5, 0.6) is 0 Å². The summed E-state index contributed by atoms with van der Waals surface area (Å²) in [6, 6.07) is 0.532. The van der Waals surface area contributed by atoms with Crippen LogP contribution in [0.4, 0.5) is 0 Å². The smallest absolute Gasteiger partial charge is 0.233 e. The van der Waals surface area contributed by atoms with Crippen molar-refractivity contribution in [2.45, 2.75) is 38.6 Å². The molecule has 4 heteroatoms. The second-order valence-electron chi connectivity index (χ2n) is 4.59. The standard InChI is InChI=1S/C12H24N2O2/c1-10-5-3-6-11(10)14-9-12(15)13-7-4-8-16-2/h10-11,14H,3-9H2,1-2H3,(H,13,15). The van der Waals surface area contributed by atoms with Crippen molar-refractivity contribution in [3.63, 3.8) is 0 Å². The molecule has 2 N–H and O–H groups in total. The first-order valence-electron chi connectivity index (χ1n) is 6.23. The van der Waals surface area contributed by atoms with Gasteiger partial charge in [0.1, 0.15) is 0 Å². The van der Waals surface area contributed by atoms with E-state index in [9.17, 15) is 4.79 Å². The average molecular weight is 228 g/mol. The maximum atomic E-state index is 11.5. The van der Waals surface area contributed by atoms with Gasteiger partial charge in [0.05, 0.1) is 6.54 Å². The average Bonchev–Trinajstić information content (AvgIpc) is 2.67. The second-order valence-corrected chi connectivity index (χ2v) is 4.59. The van der Waals surface area contributed by atoms with Crippen LogP contribution < -0.4 is 10.6 Å². The summed E-state index contributed by atoms with van der Waals surface area (Å²) in [4.78, 5) is 11.5. The first-order valence-corrected chi connectivity index (χ1v) is 6.23. The molecule has 0 aliphatic heterocycles. The molecule has 0 heterocycles. The maximum Gasteiger partial charge on any atom is 0.233 e. The topological polar surface area (TPSA) is 50.4 Å². The minimum Gasteiger partial charge on any atom is -0.385 e. The van der Waals surface area contributed by atoms with Gasteiger partial charge in [-0.1, -0.05) is 13.3 Å². The lowest BCUT2D eigenvalue weighted by molar-refractivity contribution is -0.120. The van der Waals surface area contributed by atoms with Gasteiger partial charge in [0.25, 0.3) is 0 Å². The molecule has 0 aromatic heterocycles. The molecule has 1 aliphatic carbocycles. The van der Waals surface area contributed by atoms with E-state index < -0.39 is 0 Å². The molecule has 4 nitrogen and oxygen atoms in total. The molecule has 0 aromatic carbocycles. The van der Waals surface area contributed by atoms with Crippen LogP contribution in [0.25, 0.3) is 0 Å². The number of hydrogen-bond acceptors (Lipinski definition) is 3. The molecule has 0 radical (unpaired) electrons. The molecular weight excluding hydrogens is 204 g/mol. The van der Waals surface area contributed by atoms with E-state index in [4.69, 9.17) is 4.74 Å². The molecule has 94 valence electrons. The summed E-state index contributed by atoms with van der Waals surface area (Å²) in [7, 11) is 1.67. The number of hydrogen-bond donors (Lipinski definition) is 2. The van der Waals surface area contributed by atoms with Gasteiger partial charge >= 0.3 is 0 Å². The Morgan fingerprint density at radius 1 is 1.44 bits per heavy atom. The monoisotopic (exact) mass is 228 g/mol. The van der Waals surface area contributed by atoms with Crippen LogP contribution in [-0.4, -0.2) is 38.8 Å². The fourth-order valence-electron chi connectivity index (χ4n) is 2.18. The summed E-state index contributed by atoms with van der Waals surface area (Å²) >= 11 is 0. The summed E-state index contributed by atoms with van der Waals surface area (Å²) in [6.07, 6.45) is 4.65. The van der Waals surface area contributed by atoms with Crippen molar-refractivity contribution in [2.75, 3.05) is 26.8 Å². The van der Waals surface area contributed by atoms with Crippen molar-refractivity contribution in [3.8, 4) is 0 Å². The largest absolute Gasteiger partial charge is 0.385 e. The van der Waals surface area contributed by atoms with Crippen molar-refractivity contribution in [1.29, 1.82) is 0 Å². The van der Waals surface area contributed by atoms with Crippen LogP contribution in [0.15, 0.2) is 0 Å². The van der Waals surface area contributed by atoms with Crippen molar-refractivity contribution in [3.05, 3.63) is 0 Å². The molecule has 1 rings (SSSR count). The highest BCUT2D eigenvalue weighted by molar-refractivity contribution is 5.77. The summed E-state index contributed by atoms with van der Waals surface area (Å²) < 4.78 is 4.91. The van der Waals surface area contributed by atoms with Gasteiger partial charge in [0.2, 0.25) is 5.91 Å². The molecule has 0 bridgehead atoms. The van der Waals surface area contributed by atoms with E-state index in [-0.39, 0.29) is 5.91 Å². The Labute approximate surface area is 98.1 Å². The van der Waals surface area contributed by atoms with Crippen LogP contribution in [0.2, 0.25) is 0 Å². The molecular formula is C12H24N2O2. The van der Waals surface area contributed by atoms with Crippen molar-refractivity contribution in [1.82, 2.24) is 10.6 Å². The zero-order chi connectivity index (χ0) is 11.8. The third kappa shape index (κ3) is 4.94. The normalized spacial score (nSPS) is 24.6. The fourth-order valence-corrected chi connectivity index (χ4v) is 2.18. The number of amides is 1. The summed E-state index contributed by atoms with van der Waals surface area (Å²) in [6.45, 7) is 4.10. The van der Waals surface area contributed by atoms with Gasteiger partial charge in [0, 0.05) is 26.3 Å². The molecule has 2 atom stereocenters. The van der Waals surface area contributed by atoms with Crippen LogP contribution in [0, 0.1) is 5.92 Å². The first-order chi connectivity index (χ1) is 7.74. The van der Waals surface area contributed by atoms with Crippen LogP contribution >= 0.6 is 0 Å². The molecule has 2 unspecified atom stereocenters. The SMILES string of the molecule is COCCCNC(=O)CNC1CCCC1C. The predicted octanol–water partition coefficient (Wildman–Crippen LogP) is 0.917. The summed E-state index contributed by atoms with van der Waals surface area (Å²) in [5.41, 5.74) is 0. The molecule has 1 saturated carbocycles. The molecule has 1 amide bonds. The van der Waals surface area contributed by atoms with Gasteiger partial charge in [-0.25, -0.2) is 0 Å². The number of carbonyl (C=O) groups is 1.